The first kappa shape index (κ1) is 23.4. The molecule has 3 aromatic carbocycles. The summed E-state index contributed by atoms with van der Waals surface area (Å²) in [5, 5.41) is 16.8. The van der Waals surface area contributed by atoms with Crippen molar-refractivity contribution in [3.63, 3.8) is 0 Å². The number of amides is 2. The molecule has 0 aliphatic heterocycles. The highest BCUT2D eigenvalue weighted by Gasteiger charge is 2.22. The van der Waals surface area contributed by atoms with E-state index in [-0.39, 0.29) is 23.3 Å². The second kappa shape index (κ2) is 10.9. The van der Waals surface area contributed by atoms with Crippen molar-refractivity contribution in [2.45, 2.75) is 25.9 Å². The van der Waals surface area contributed by atoms with E-state index in [2.05, 4.69) is 10.6 Å². The highest BCUT2D eigenvalue weighted by atomic mass is 16.6. The summed E-state index contributed by atoms with van der Waals surface area (Å²) in [5.41, 5.74) is 1.89. The fourth-order valence-electron chi connectivity index (χ4n) is 3.33. The van der Waals surface area contributed by atoms with Crippen LogP contribution in [0.1, 0.15) is 42.6 Å². The molecule has 168 valence electrons. The number of non-ortho nitro benzene ring substituents is 1. The van der Waals surface area contributed by atoms with Crippen LogP contribution in [0.5, 0.6) is 0 Å². The van der Waals surface area contributed by atoms with Gasteiger partial charge in [0.1, 0.15) is 5.57 Å². The number of nitrogens with one attached hydrogen (secondary N) is 2. The van der Waals surface area contributed by atoms with Crippen LogP contribution in [0.25, 0.3) is 6.08 Å². The lowest BCUT2D eigenvalue weighted by molar-refractivity contribution is -0.384. The summed E-state index contributed by atoms with van der Waals surface area (Å²) in [6.45, 7) is 3.64. The number of rotatable bonds is 8. The van der Waals surface area contributed by atoms with E-state index in [1.807, 2.05) is 74.5 Å². The van der Waals surface area contributed by atoms with Gasteiger partial charge < -0.3 is 10.6 Å². The Morgan fingerprint density at radius 1 is 0.788 bits per heavy atom. The molecule has 0 aromatic heterocycles. The Bertz CT molecular complexity index is 1100. The first-order valence-electron chi connectivity index (χ1n) is 10.5. The van der Waals surface area contributed by atoms with E-state index in [1.165, 1.54) is 24.3 Å². The predicted molar refractivity (Wildman–Crippen MR) is 127 cm³/mol. The minimum atomic E-state index is -0.573. The molecular formula is C26H25N3O4. The number of hydrogen-bond donors (Lipinski definition) is 2. The van der Waals surface area contributed by atoms with Crippen molar-refractivity contribution in [1.82, 2.24) is 10.6 Å². The molecule has 0 bridgehead atoms. The highest BCUT2D eigenvalue weighted by Crippen LogP contribution is 2.19. The van der Waals surface area contributed by atoms with Gasteiger partial charge >= 0.3 is 0 Å². The Morgan fingerprint density at radius 3 is 1.73 bits per heavy atom. The van der Waals surface area contributed by atoms with Crippen LogP contribution in [0, 0.1) is 10.1 Å². The van der Waals surface area contributed by atoms with E-state index in [9.17, 15) is 19.7 Å². The molecule has 3 rings (SSSR count). The Hall–Kier alpha value is -4.26. The van der Waals surface area contributed by atoms with Gasteiger partial charge in [-0.05, 0) is 36.6 Å². The maximum Gasteiger partial charge on any atom is 0.270 e. The molecule has 3 aromatic rings. The van der Waals surface area contributed by atoms with Crippen molar-refractivity contribution in [1.29, 1.82) is 0 Å². The van der Waals surface area contributed by atoms with Crippen molar-refractivity contribution >= 4 is 23.6 Å². The number of carbonyl (C=O) groups is 2. The molecule has 0 unspecified atom stereocenters. The van der Waals surface area contributed by atoms with Crippen LogP contribution >= 0.6 is 0 Å². The van der Waals surface area contributed by atoms with Gasteiger partial charge in [-0.1, -0.05) is 72.8 Å². The molecule has 0 spiro atoms. The lowest BCUT2D eigenvalue weighted by atomic mass is 10.0. The minimum Gasteiger partial charge on any atom is -0.345 e. The van der Waals surface area contributed by atoms with E-state index < -0.39 is 16.7 Å². The van der Waals surface area contributed by atoms with Crippen LogP contribution in [0.15, 0.2) is 90.5 Å². The number of nitro benzene ring substituents is 1. The zero-order chi connectivity index (χ0) is 23.8. The van der Waals surface area contributed by atoms with Gasteiger partial charge in [-0.25, -0.2) is 0 Å². The van der Waals surface area contributed by atoms with Gasteiger partial charge in [0.2, 0.25) is 0 Å². The smallest absolute Gasteiger partial charge is 0.270 e. The second-order valence-electron chi connectivity index (χ2n) is 7.62. The standard InChI is InChI=1S/C26H25N3O4/c1-18(21-11-5-3-6-12-21)27-25(30)24(17-20-10-9-15-23(16-20)29(32)33)26(31)28-19(2)22-13-7-4-8-14-22/h3-19H,1-2H3,(H,27,30)(H,28,31)/t18-,19-/m0/s1. The summed E-state index contributed by atoms with van der Waals surface area (Å²) < 4.78 is 0. The summed E-state index contributed by atoms with van der Waals surface area (Å²) in [4.78, 5) is 36.9. The van der Waals surface area contributed by atoms with Gasteiger partial charge in [-0.15, -0.1) is 0 Å². The molecule has 7 nitrogen and oxygen atoms in total. The first-order valence-corrected chi connectivity index (χ1v) is 10.5. The monoisotopic (exact) mass is 443 g/mol. The zero-order valence-electron chi connectivity index (χ0n) is 18.4. The van der Waals surface area contributed by atoms with Gasteiger partial charge in [-0.2, -0.15) is 0 Å². The average Bonchev–Trinajstić information content (AvgIpc) is 2.83. The maximum absolute atomic E-state index is 13.1. The van der Waals surface area contributed by atoms with Gasteiger partial charge in [0, 0.05) is 12.1 Å². The Balaban J connectivity index is 1.89. The second-order valence-corrected chi connectivity index (χ2v) is 7.62. The third kappa shape index (κ3) is 6.36. The summed E-state index contributed by atoms with van der Waals surface area (Å²) >= 11 is 0. The molecule has 0 aliphatic carbocycles. The zero-order valence-corrected chi connectivity index (χ0v) is 18.4. The van der Waals surface area contributed by atoms with E-state index in [1.54, 1.807) is 6.07 Å². The highest BCUT2D eigenvalue weighted by molar-refractivity contribution is 6.21. The molecule has 0 saturated carbocycles. The molecule has 0 fully saturated rings. The average molecular weight is 444 g/mol. The topological polar surface area (TPSA) is 101 Å². The molecule has 0 radical (unpaired) electrons. The predicted octanol–water partition coefficient (Wildman–Crippen LogP) is 4.73. The molecule has 0 saturated heterocycles. The number of carbonyl (C=O) groups excluding carboxylic acids is 2. The van der Waals surface area contributed by atoms with Crippen LogP contribution in [0.2, 0.25) is 0 Å². The van der Waals surface area contributed by atoms with E-state index >= 15 is 0 Å². The number of nitro groups is 1. The lowest BCUT2D eigenvalue weighted by Gasteiger charge is -2.18. The summed E-state index contributed by atoms with van der Waals surface area (Å²) in [6.07, 6.45) is 1.37. The summed E-state index contributed by atoms with van der Waals surface area (Å²) in [6, 6.07) is 23.9. The van der Waals surface area contributed by atoms with Gasteiger partial charge in [0.25, 0.3) is 17.5 Å². The van der Waals surface area contributed by atoms with Crippen molar-refractivity contribution in [3.8, 4) is 0 Å². The molecule has 33 heavy (non-hydrogen) atoms. The largest absolute Gasteiger partial charge is 0.345 e. The summed E-state index contributed by atoms with van der Waals surface area (Å²) in [7, 11) is 0. The van der Waals surface area contributed by atoms with Crippen LogP contribution in [-0.2, 0) is 9.59 Å². The fourth-order valence-corrected chi connectivity index (χ4v) is 3.33. The van der Waals surface area contributed by atoms with E-state index in [0.29, 0.717) is 5.56 Å². The van der Waals surface area contributed by atoms with Crippen LogP contribution < -0.4 is 10.6 Å². The van der Waals surface area contributed by atoms with Crippen molar-refractivity contribution in [3.05, 3.63) is 117 Å². The maximum atomic E-state index is 13.1. The quantitative estimate of drug-likeness (QED) is 0.173. The van der Waals surface area contributed by atoms with Crippen molar-refractivity contribution in [2.24, 2.45) is 0 Å². The van der Waals surface area contributed by atoms with Gasteiger partial charge in [0.15, 0.2) is 0 Å². The van der Waals surface area contributed by atoms with E-state index in [4.69, 9.17) is 0 Å². The summed E-state index contributed by atoms with van der Waals surface area (Å²) in [5.74, 6) is -1.15. The minimum absolute atomic E-state index is 0.126. The normalized spacial score (nSPS) is 12.2. The molecule has 7 heteroatoms. The Labute approximate surface area is 192 Å². The molecule has 2 N–H and O–H groups in total. The third-order valence-electron chi connectivity index (χ3n) is 5.18. The van der Waals surface area contributed by atoms with Crippen LogP contribution in [0.3, 0.4) is 0 Å². The first-order chi connectivity index (χ1) is 15.8. The van der Waals surface area contributed by atoms with E-state index in [0.717, 1.165) is 11.1 Å². The number of hydrogen-bond acceptors (Lipinski definition) is 4. The van der Waals surface area contributed by atoms with Crippen molar-refractivity contribution < 1.29 is 14.5 Å². The molecular weight excluding hydrogens is 418 g/mol. The molecule has 0 heterocycles. The Morgan fingerprint density at radius 2 is 1.27 bits per heavy atom. The van der Waals surface area contributed by atoms with Gasteiger partial charge in [0.05, 0.1) is 17.0 Å². The Kier molecular flexibility index (Phi) is 7.70. The molecule has 2 amide bonds. The third-order valence-corrected chi connectivity index (χ3v) is 5.18. The van der Waals surface area contributed by atoms with Crippen LogP contribution in [-0.4, -0.2) is 16.7 Å². The number of benzene rings is 3. The van der Waals surface area contributed by atoms with Crippen molar-refractivity contribution in [2.75, 3.05) is 0 Å². The SMILES string of the molecule is C[C@H](NC(=O)C(=Cc1cccc([N+](=O)[O-])c1)C(=O)N[C@@H](C)c1ccccc1)c1ccccc1. The molecule has 2 atom stereocenters. The van der Waals surface area contributed by atoms with Crippen LogP contribution in [0.4, 0.5) is 5.69 Å². The molecule has 0 aliphatic rings. The lowest BCUT2D eigenvalue weighted by Crippen LogP contribution is -2.36. The van der Waals surface area contributed by atoms with Gasteiger partial charge in [-0.3, -0.25) is 19.7 Å². The number of nitrogens with zero attached hydrogens (tertiary/aromatic N) is 1. The fraction of sp³-hybridized carbons (Fsp3) is 0.154.